The molecule has 11 heavy (non-hydrogen) atoms. The summed E-state index contributed by atoms with van der Waals surface area (Å²) in [5, 5.41) is 8.42. The fourth-order valence-electron chi connectivity index (χ4n) is 0.583. The number of halogens is 2. The predicted octanol–water partition coefficient (Wildman–Crippen LogP) is 1.52. The van der Waals surface area contributed by atoms with E-state index in [2.05, 4.69) is 4.98 Å². The van der Waals surface area contributed by atoms with Crippen LogP contribution in [0.1, 0.15) is 10.4 Å². The number of aromatic nitrogens is 1. The summed E-state index contributed by atoms with van der Waals surface area (Å²) in [4.78, 5) is 13.9. The molecule has 1 rings (SSSR count). The van der Waals surface area contributed by atoms with Gasteiger partial charge < -0.3 is 5.11 Å². The summed E-state index contributed by atoms with van der Waals surface area (Å²) in [5.74, 6) is -2.05. The van der Waals surface area contributed by atoms with Crippen LogP contribution in [0.5, 0.6) is 0 Å². The van der Waals surface area contributed by atoms with Gasteiger partial charge in [-0.05, 0) is 28.7 Å². The smallest absolute Gasteiger partial charge is 0.338 e. The highest BCUT2D eigenvalue weighted by Crippen LogP contribution is 2.11. The molecule has 1 N–H and O–H groups in total. The van der Waals surface area contributed by atoms with Crippen molar-refractivity contribution in [3.05, 3.63) is 27.3 Å². The van der Waals surface area contributed by atoms with Crippen LogP contribution in [0.15, 0.2) is 12.3 Å². The number of carbonyl (C=O) groups is 1. The van der Waals surface area contributed by atoms with Crippen molar-refractivity contribution in [1.82, 2.24) is 4.98 Å². The minimum atomic E-state index is -1.28. The van der Waals surface area contributed by atoms with Crippen molar-refractivity contribution in [1.29, 1.82) is 0 Å². The molecule has 0 aliphatic heterocycles. The Hall–Kier alpha value is -0.720. The monoisotopic (exact) mass is 267 g/mol. The first-order chi connectivity index (χ1) is 5.13. The quantitative estimate of drug-likeness (QED) is 0.620. The van der Waals surface area contributed by atoms with Crippen molar-refractivity contribution < 1.29 is 14.3 Å². The van der Waals surface area contributed by atoms with Gasteiger partial charge in [-0.1, -0.05) is 0 Å². The van der Waals surface area contributed by atoms with Crippen molar-refractivity contribution in [2.45, 2.75) is 0 Å². The summed E-state index contributed by atoms with van der Waals surface area (Å²) < 4.78 is 12.9. The lowest BCUT2D eigenvalue weighted by molar-refractivity contribution is 0.0691. The van der Waals surface area contributed by atoms with Crippen LogP contribution in [0.4, 0.5) is 4.39 Å². The molecule has 0 unspecified atom stereocenters. The minimum Gasteiger partial charge on any atom is -0.478 e. The van der Waals surface area contributed by atoms with Crippen LogP contribution < -0.4 is 0 Å². The Morgan fingerprint density at radius 2 is 2.36 bits per heavy atom. The highest BCUT2D eigenvalue weighted by atomic mass is 127. The van der Waals surface area contributed by atoms with Gasteiger partial charge in [0.25, 0.3) is 0 Å². The number of carboxylic acids is 1. The Balaban J connectivity index is 3.27. The minimum absolute atomic E-state index is 0.0718. The fraction of sp³-hybridized carbons (Fsp3) is 0. The van der Waals surface area contributed by atoms with E-state index >= 15 is 0 Å². The predicted molar refractivity (Wildman–Crippen MR) is 43.9 cm³/mol. The molecule has 1 aromatic heterocycles. The van der Waals surface area contributed by atoms with Gasteiger partial charge in [0.1, 0.15) is 3.70 Å². The summed E-state index contributed by atoms with van der Waals surface area (Å²) in [6.45, 7) is 0. The standard InChI is InChI=1S/C6H3FINO2/c7-4-3(6(10)11)1-2-9-5(4)8/h1-2H,(H,10,11). The van der Waals surface area contributed by atoms with E-state index in [-0.39, 0.29) is 9.26 Å². The molecule has 0 radical (unpaired) electrons. The topological polar surface area (TPSA) is 50.2 Å². The lowest BCUT2D eigenvalue weighted by Crippen LogP contribution is -2.02. The van der Waals surface area contributed by atoms with Gasteiger partial charge in [-0.2, -0.15) is 0 Å². The second-order valence-corrected chi connectivity index (χ2v) is 2.79. The lowest BCUT2D eigenvalue weighted by atomic mass is 10.3. The third-order valence-electron chi connectivity index (χ3n) is 1.08. The van der Waals surface area contributed by atoms with Gasteiger partial charge in [0.2, 0.25) is 0 Å². The van der Waals surface area contributed by atoms with Crippen molar-refractivity contribution in [3.63, 3.8) is 0 Å². The van der Waals surface area contributed by atoms with Gasteiger partial charge in [0, 0.05) is 6.20 Å². The molecule has 0 amide bonds. The van der Waals surface area contributed by atoms with Gasteiger partial charge >= 0.3 is 5.97 Å². The molecule has 0 aromatic carbocycles. The highest BCUT2D eigenvalue weighted by Gasteiger charge is 2.12. The molecular weight excluding hydrogens is 264 g/mol. The number of aromatic carboxylic acids is 1. The summed E-state index contributed by atoms with van der Waals surface area (Å²) in [7, 11) is 0. The molecule has 0 bridgehead atoms. The van der Waals surface area contributed by atoms with Crippen LogP contribution in [0, 0.1) is 9.52 Å². The summed E-state index contributed by atoms with van der Waals surface area (Å²) >= 11 is 1.63. The molecule has 58 valence electrons. The second-order valence-electron chi connectivity index (χ2n) is 1.77. The van der Waals surface area contributed by atoms with E-state index < -0.39 is 11.8 Å². The zero-order chi connectivity index (χ0) is 8.43. The summed E-state index contributed by atoms with van der Waals surface area (Å²) in [5.41, 5.74) is -0.343. The molecule has 0 saturated heterocycles. The van der Waals surface area contributed by atoms with Crippen LogP contribution in [0.3, 0.4) is 0 Å². The van der Waals surface area contributed by atoms with Crippen molar-refractivity contribution in [2.75, 3.05) is 0 Å². The normalized spacial score (nSPS) is 9.64. The average molecular weight is 267 g/mol. The van der Waals surface area contributed by atoms with Gasteiger partial charge in [-0.15, -0.1) is 0 Å². The SMILES string of the molecule is O=C(O)c1ccnc(I)c1F. The maximum Gasteiger partial charge on any atom is 0.338 e. The molecule has 1 heterocycles. The highest BCUT2D eigenvalue weighted by molar-refractivity contribution is 14.1. The molecule has 0 spiro atoms. The van der Waals surface area contributed by atoms with E-state index in [4.69, 9.17) is 5.11 Å². The molecule has 0 atom stereocenters. The lowest BCUT2D eigenvalue weighted by Gasteiger charge is -1.96. The first-order valence-corrected chi connectivity index (χ1v) is 3.74. The van der Waals surface area contributed by atoms with E-state index in [9.17, 15) is 9.18 Å². The van der Waals surface area contributed by atoms with Crippen molar-refractivity contribution in [3.8, 4) is 0 Å². The van der Waals surface area contributed by atoms with Gasteiger partial charge in [-0.3, -0.25) is 0 Å². The Morgan fingerprint density at radius 3 is 2.82 bits per heavy atom. The van der Waals surface area contributed by atoms with Gasteiger partial charge in [-0.25, -0.2) is 14.2 Å². The number of carboxylic acid groups (broad SMARTS) is 1. The number of pyridine rings is 1. The van der Waals surface area contributed by atoms with E-state index in [0.29, 0.717) is 0 Å². The maximum absolute atomic E-state index is 12.8. The summed E-state index contributed by atoms with van der Waals surface area (Å²) in [6.07, 6.45) is 1.26. The van der Waals surface area contributed by atoms with E-state index in [1.165, 1.54) is 6.20 Å². The molecule has 0 saturated carbocycles. The first kappa shape index (κ1) is 8.38. The number of nitrogens with zero attached hydrogens (tertiary/aromatic N) is 1. The van der Waals surface area contributed by atoms with Crippen molar-refractivity contribution >= 4 is 28.6 Å². The second kappa shape index (κ2) is 3.12. The summed E-state index contributed by atoms with van der Waals surface area (Å²) in [6, 6.07) is 1.12. The van der Waals surface area contributed by atoms with Crippen LogP contribution in [-0.2, 0) is 0 Å². The molecule has 5 heteroatoms. The number of hydrogen-bond donors (Lipinski definition) is 1. The van der Waals surface area contributed by atoms with E-state index in [1.54, 1.807) is 22.6 Å². The molecular formula is C6H3FINO2. The Morgan fingerprint density at radius 1 is 1.73 bits per heavy atom. The molecule has 0 fully saturated rings. The molecule has 0 aliphatic rings. The fourth-order valence-corrected chi connectivity index (χ4v) is 1.03. The van der Waals surface area contributed by atoms with Crippen LogP contribution in [0.25, 0.3) is 0 Å². The molecule has 0 aliphatic carbocycles. The third-order valence-corrected chi connectivity index (χ3v) is 1.83. The Labute approximate surface area is 75.4 Å². The zero-order valence-electron chi connectivity index (χ0n) is 5.21. The van der Waals surface area contributed by atoms with Crippen molar-refractivity contribution in [2.24, 2.45) is 0 Å². The van der Waals surface area contributed by atoms with Crippen LogP contribution in [-0.4, -0.2) is 16.1 Å². The zero-order valence-corrected chi connectivity index (χ0v) is 7.37. The van der Waals surface area contributed by atoms with Gasteiger partial charge in [0.15, 0.2) is 5.82 Å². The largest absolute Gasteiger partial charge is 0.478 e. The maximum atomic E-state index is 12.8. The Bertz CT molecular complexity index is 303. The molecule has 3 nitrogen and oxygen atoms in total. The number of hydrogen-bond acceptors (Lipinski definition) is 2. The third kappa shape index (κ3) is 1.65. The molecule has 1 aromatic rings. The van der Waals surface area contributed by atoms with Gasteiger partial charge in [0.05, 0.1) is 5.56 Å². The van der Waals surface area contributed by atoms with E-state index in [1.807, 2.05) is 0 Å². The average Bonchev–Trinajstić information content (AvgIpc) is 1.94. The van der Waals surface area contributed by atoms with Crippen LogP contribution >= 0.6 is 22.6 Å². The first-order valence-electron chi connectivity index (χ1n) is 2.66. The number of rotatable bonds is 1. The Kier molecular flexibility index (Phi) is 2.38. The van der Waals surface area contributed by atoms with E-state index in [0.717, 1.165) is 6.07 Å². The van der Waals surface area contributed by atoms with Crippen LogP contribution in [0.2, 0.25) is 0 Å².